The van der Waals surface area contributed by atoms with Crippen molar-refractivity contribution in [2.45, 2.75) is 39.7 Å². The zero-order valence-electron chi connectivity index (χ0n) is 13.9. The number of fused-ring (bicyclic) bond motifs is 3. The monoisotopic (exact) mass is 306 g/mol. The molecule has 23 heavy (non-hydrogen) atoms. The molecular formula is C21H22O2. The Bertz CT molecular complexity index is 792. The predicted octanol–water partition coefficient (Wildman–Crippen LogP) is 4.91. The molecule has 1 fully saturated rings. The molecule has 2 aliphatic carbocycles. The van der Waals surface area contributed by atoms with E-state index >= 15 is 0 Å². The van der Waals surface area contributed by atoms with Gasteiger partial charge in [-0.3, -0.25) is 4.79 Å². The fraction of sp³-hybridized carbons (Fsp3) is 0.381. The van der Waals surface area contributed by atoms with E-state index in [2.05, 4.69) is 49.4 Å². The summed E-state index contributed by atoms with van der Waals surface area (Å²) in [5, 5.41) is 0. The second-order valence-electron chi connectivity index (χ2n) is 7.32. The third kappa shape index (κ3) is 2.28. The normalized spacial score (nSPS) is 25.4. The largest absolute Gasteiger partial charge is 0.457 e. The molecule has 3 unspecified atom stereocenters. The number of rotatable bonds is 3. The molecule has 0 spiro atoms. The number of hydrogen-bond acceptors (Lipinski definition) is 2. The number of ether oxygens (including phenoxy) is 1. The molecule has 0 aliphatic heterocycles. The van der Waals surface area contributed by atoms with Crippen LogP contribution in [0.1, 0.15) is 50.0 Å². The van der Waals surface area contributed by atoms with Gasteiger partial charge >= 0.3 is 5.97 Å². The minimum absolute atomic E-state index is 0.0544. The van der Waals surface area contributed by atoms with Crippen molar-refractivity contribution in [3.63, 3.8) is 0 Å². The maximum Gasteiger partial charge on any atom is 0.312 e. The van der Waals surface area contributed by atoms with E-state index in [9.17, 15) is 4.79 Å². The predicted molar refractivity (Wildman–Crippen MR) is 91.1 cm³/mol. The standard InChI is InChI=1S/C21H22O2/c1-13-12-21(13,3)20(22)23-14(2)15-8-9-19-17(10-15)11-16-6-4-5-7-18(16)19/h4-10,13-14H,11-12H2,1-3H3. The molecule has 2 aromatic carbocycles. The van der Waals surface area contributed by atoms with Gasteiger partial charge < -0.3 is 4.74 Å². The Morgan fingerprint density at radius 3 is 2.61 bits per heavy atom. The van der Waals surface area contributed by atoms with Crippen LogP contribution in [0.15, 0.2) is 42.5 Å². The van der Waals surface area contributed by atoms with Crippen LogP contribution >= 0.6 is 0 Å². The molecule has 0 bridgehead atoms. The Labute approximate surface area is 137 Å². The van der Waals surface area contributed by atoms with Gasteiger partial charge in [0.25, 0.3) is 0 Å². The second-order valence-corrected chi connectivity index (χ2v) is 7.32. The van der Waals surface area contributed by atoms with E-state index in [4.69, 9.17) is 4.74 Å². The van der Waals surface area contributed by atoms with E-state index in [1.807, 2.05) is 13.8 Å². The summed E-state index contributed by atoms with van der Waals surface area (Å²) in [6.45, 7) is 6.09. The molecule has 2 aromatic rings. The summed E-state index contributed by atoms with van der Waals surface area (Å²) in [5.41, 5.74) is 6.17. The van der Waals surface area contributed by atoms with Gasteiger partial charge in [0.05, 0.1) is 5.41 Å². The van der Waals surface area contributed by atoms with Gasteiger partial charge in [-0.2, -0.15) is 0 Å². The quantitative estimate of drug-likeness (QED) is 0.643. The number of carbonyl (C=O) groups excluding carboxylic acids is 1. The molecule has 0 N–H and O–H groups in total. The third-order valence-corrected chi connectivity index (χ3v) is 5.70. The first kappa shape index (κ1) is 14.5. The minimum atomic E-state index is -0.263. The van der Waals surface area contributed by atoms with E-state index in [0.29, 0.717) is 5.92 Å². The SMILES string of the molecule is CC(OC(=O)C1(C)CC1C)c1ccc2c(c1)Cc1ccccc1-2. The Kier molecular flexibility index (Phi) is 3.12. The Morgan fingerprint density at radius 2 is 1.87 bits per heavy atom. The molecule has 0 amide bonds. The highest BCUT2D eigenvalue weighted by Gasteiger charge is 2.54. The first-order valence-corrected chi connectivity index (χ1v) is 8.41. The number of carbonyl (C=O) groups is 1. The molecule has 118 valence electrons. The summed E-state index contributed by atoms with van der Waals surface area (Å²) in [4.78, 5) is 12.3. The van der Waals surface area contributed by atoms with Crippen molar-refractivity contribution < 1.29 is 9.53 Å². The van der Waals surface area contributed by atoms with Crippen LogP contribution in [0.3, 0.4) is 0 Å². The van der Waals surface area contributed by atoms with Gasteiger partial charge in [-0.25, -0.2) is 0 Å². The van der Waals surface area contributed by atoms with Crippen molar-refractivity contribution in [1.29, 1.82) is 0 Å². The molecule has 4 rings (SSSR count). The average molecular weight is 306 g/mol. The lowest BCUT2D eigenvalue weighted by atomic mass is 10.0. The van der Waals surface area contributed by atoms with E-state index in [1.54, 1.807) is 0 Å². The Balaban J connectivity index is 1.55. The van der Waals surface area contributed by atoms with Crippen LogP contribution in [0, 0.1) is 11.3 Å². The molecule has 2 nitrogen and oxygen atoms in total. The van der Waals surface area contributed by atoms with Crippen LogP contribution in [-0.4, -0.2) is 5.97 Å². The van der Waals surface area contributed by atoms with E-state index in [1.165, 1.54) is 22.3 Å². The topological polar surface area (TPSA) is 26.3 Å². The van der Waals surface area contributed by atoms with Crippen molar-refractivity contribution in [2.24, 2.45) is 11.3 Å². The minimum Gasteiger partial charge on any atom is -0.457 e. The number of esters is 1. The zero-order valence-corrected chi connectivity index (χ0v) is 13.9. The first-order chi connectivity index (χ1) is 11.0. The van der Waals surface area contributed by atoms with Crippen LogP contribution in [-0.2, 0) is 16.0 Å². The van der Waals surface area contributed by atoms with Gasteiger partial charge in [0.2, 0.25) is 0 Å². The smallest absolute Gasteiger partial charge is 0.312 e. The first-order valence-electron chi connectivity index (χ1n) is 8.41. The highest BCUT2D eigenvalue weighted by molar-refractivity contribution is 5.80. The van der Waals surface area contributed by atoms with Crippen LogP contribution in [0.25, 0.3) is 11.1 Å². The van der Waals surface area contributed by atoms with Gasteiger partial charge in [-0.05, 0) is 60.4 Å². The molecule has 2 heteroatoms. The van der Waals surface area contributed by atoms with E-state index in [-0.39, 0.29) is 17.5 Å². The average Bonchev–Trinajstić information content (AvgIpc) is 3.02. The van der Waals surface area contributed by atoms with Gasteiger partial charge in [0.15, 0.2) is 0 Å². The molecule has 3 atom stereocenters. The van der Waals surface area contributed by atoms with Crippen LogP contribution in [0.4, 0.5) is 0 Å². The Hall–Kier alpha value is -2.09. The van der Waals surface area contributed by atoms with Crippen LogP contribution in [0.2, 0.25) is 0 Å². The summed E-state index contributed by atoms with van der Waals surface area (Å²) < 4.78 is 5.73. The number of benzene rings is 2. The summed E-state index contributed by atoms with van der Waals surface area (Å²) >= 11 is 0. The highest BCUT2D eigenvalue weighted by atomic mass is 16.5. The van der Waals surface area contributed by atoms with Crippen molar-refractivity contribution in [2.75, 3.05) is 0 Å². The maximum atomic E-state index is 12.3. The van der Waals surface area contributed by atoms with Crippen LogP contribution < -0.4 is 0 Å². The van der Waals surface area contributed by atoms with Crippen molar-refractivity contribution in [3.8, 4) is 11.1 Å². The van der Waals surface area contributed by atoms with E-state index in [0.717, 1.165) is 18.4 Å². The second kappa shape index (κ2) is 4.95. The molecule has 0 radical (unpaired) electrons. The van der Waals surface area contributed by atoms with Crippen LogP contribution in [0.5, 0.6) is 0 Å². The molecular weight excluding hydrogens is 284 g/mol. The third-order valence-electron chi connectivity index (χ3n) is 5.70. The van der Waals surface area contributed by atoms with Gasteiger partial charge in [0.1, 0.15) is 6.10 Å². The summed E-state index contributed by atoms with van der Waals surface area (Å²) in [6.07, 6.45) is 1.72. The molecule has 0 heterocycles. The van der Waals surface area contributed by atoms with Crippen molar-refractivity contribution >= 4 is 5.97 Å². The fourth-order valence-corrected chi connectivity index (χ4v) is 3.64. The van der Waals surface area contributed by atoms with Crippen molar-refractivity contribution in [3.05, 3.63) is 59.2 Å². The molecule has 0 saturated heterocycles. The summed E-state index contributed by atoms with van der Waals surface area (Å²) in [7, 11) is 0. The van der Waals surface area contributed by atoms with Gasteiger partial charge in [-0.15, -0.1) is 0 Å². The Morgan fingerprint density at radius 1 is 1.17 bits per heavy atom. The fourth-order valence-electron chi connectivity index (χ4n) is 3.64. The molecule has 2 aliphatic rings. The summed E-state index contributed by atoms with van der Waals surface area (Å²) in [5.74, 6) is 0.387. The van der Waals surface area contributed by atoms with E-state index < -0.39 is 0 Å². The van der Waals surface area contributed by atoms with Gasteiger partial charge in [0, 0.05) is 0 Å². The molecule has 0 aromatic heterocycles. The lowest BCUT2D eigenvalue weighted by Crippen LogP contribution is -2.19. The highest BCUT2D eigenvalue weighted by Crippen LogP contribution is 2.53. The lowest BCUT2D eigenvalue weighted by molar-refractivity contribution is -0.155. The van der Waals surface area contributed by atoms with Crippen molar-refractivity contribution in [1.82, 2.24) is 0 Å². The zero-order chi connectivity index (χ0) is 16.2. The number of hydrogen-bond donors (Lipinski definition) is 0. The van der Waals surface area contributed by atoms with Gasteiger partial charge in [-0.1, -0.05) is 49.4 Å². The maximum absolute atomic E-state index is 12.3. The summed E-state index contributed by atoms with van der Waals surface area (Å²) in [6, 6.07) is 15.0. The molecule has 1 saturated carbocycles. The lowest BCUT2D eigenvalue weighted by Gasteiger charge is -2.18.